The number of nitrogens with two attached hydrogens (primary N) is 1. The summed E-state index contributed by atoms with van der Waals surface area (Å²) in [6.07, 6.45) is 6.17. The third-order valence-corrected chi connectivity index (χ3v) is 8.97. The minimum atomic E-state index is -0.251. The smallest absolute Gasteiger partial charge is 0.228 e. The van der Waals surface area contributed by atoms with Crippen molar-refractivity contribution in [1.29, 1.82) is 0 Å². The number of halogens is 1. The Labute approximate surface area is 262 Å². The molecule has 224 valence electrons. The number of rotatable bonds is 10. The largest absolute Gasteiger partial charge is 0.472 e. The Morgan fingerprint density at radius 1 is 1.19 bits per heavy atom. The van der Waals surface area contributed by atoms with Crippen molar-refractivity contribution in [2.24, 2.45) is 0 Å². The molecule has 1 aliphatic rings. The lowest BCUT2D eigenvalue weighted by molar-refractivity contribution is -0.116. The van der Waals surface area contributed by atoms with E-state index in [2.05, 4.69) is 44.0 Å². The van der Waals surface area contributed by atoms with Gasteiger partial charge in [-0.25, -0.2) is 9.29 Å². The van der Waals surface area contributed by atoms with Crippen molar-refractivity contribution in [3.8, 4) is 5.88 Å². The summed E-state index contributed by atoms with van der Waals surface area (Å²) >= 11 is 8.44. The maximum Gasteiger partial charge on any atom is 0.228 e. The number of pyridine rings is 2. The van der Waals surface area contributed by atoms with E-state index in [1.807, 2.05) is 50.2 Å². The van der Waals surface area contributed by atoms with Gasteiger partial charge in [-0.1, -0.05) is 36.7 Å². The number of hydrogen-bond acceptors (Lipinski definition) is 8. The van der Waals surface area contributed by atoms with Gasteiger partial charge in [0.05, 0.1) is 28.2 Å². The second-order valence-electron chi connectivity index (χ2n) is 10.5. The predicted molar refractivity (Wildman–Crippen MR) is 176 cm³/mol. The topological polar surface area (TPSA) is 105 Å². The van der Waals surface area contributed by atoms with Crippen molar-refractivity contribution in [3.05, 3.63) is 100 Å². The first-order chi connectivity index (χ1) is 20.9. The second-order valence-corrected chi connectivity index (χ2v) is 12.1. The molecule has 0 radical (unpaired) electrons. The summed E-state index contributed by atoms with van der Waals surface area (Å²) in [6, 6.07) is 17.7. The average Bonchev–Trinajstić information content (AvgIpc) is 3.19. The summed E-state index contributed by atoms with van der Waals surface area (Å²) in [7, 11) is 0. The van der Waals surface area contributed by atoms with Gasteiger partial charge in [0, 0.05) is 49.4 Å². The molecule has 2 aromatic carbocycles. The van der Waals surface area contributed by atoms with Crippen molar-refractivity contribution in [3.63, 3.8) is 0 Å². The fourth-order valence-corrected chi connectivity index (χ4v) is 6.49. The molecule has 1 aliphatic heterocycles. The Balaban J connectivity index is 1.48. The predicted octanol–water partition coefficient (Wildman–Crippen LogP) is 7.29. The van der Waals surface area contributed by atoms with Crippen molar-refractivity contribution in [2.75, 3.05) is 29.5 Å². The lowest BCUT2D eigenvalue weighted by Gasteiger charge is -2.25. The molecule has 43 heavy (non-hydrogen) atoms. The molecule has 0 saturated heterocycles. The Morgan fingerprint density at radius 2 is 2.02 bits per heavy atom. The maximum atomic E-state index is 13.4. The molecular formula is C33H37ClN6O2S. The van der Waals surface area contributed by atoms with Gasteiger partial charge in [-0.2, -0.15) is 0 Å². The van der Waals surface area contributed by atoms with Crippen molar-refractivity contribution in [1.82, 2.24) is 14.3 Å². The van der Waals surface area contributed by atoms with Crippen LogP contribution in [0.1, 0.15) is 54.9 Å². The van der Waals surface area contributed by atoms with Gasteiger partial charge >= 0.3 is 0 Å². The lowest BCUT2D eigenvalue weighted by atomic mass is 9.84. The van der Waals surface area contributed by atoms with Crippen LogP contribution in [0.25, 0.3) is 0 Å². The highest BCUT2D eigenvalue weighted by atomic mass is 35.5. The number of amides is 1. The Hall–Kier alpha value is -3.79. The molecule has 0 bridgehead atoms. The second kappa shape index (κ2) is 14.1. The minimum Gasteiger partial charge on any atom is -0.472 e. The quantitative estimate of drug-likeness (QED) is 0.126. The van der Waals surface area contributed by atoms with Gasteiger partial charge in [0.2, 0.25) is 11.8 Å². The van der Waals surface area contributed by atoms with Gasteiger partial charge < -0.3 is 21.1 Å². The molecule has 0 aliphatic carbocycles. The minimum absolute atomic E-state index is 0.00963. The molecule has 4 aromatic rings. The van der Waals surface area contributed by atoms with Gasteiger partial charge in [0.15, 0.2) is 0 Å². The molecule has 0 saturated carbocycles. The summed E-state index contributed by atoms with van der Waals surface area (Å²) in [5.41, 5.74) is 12.7. The van der Waals surface area contributed by atoms with E-state index in [4.69, 9.17) is 22.1 Å². The van der Waals surface area contributed by atoms with E-state index in [1.165, 1.54) is 0 Å². The molecule has 1 unspecified atom stereocenters. The van der Waals surface area contributed by atoms with Gasteiger partial charge in [0.1, 0.15) is 6.10 Å². The molecule has 5 rings (SSSR count). The van der Waals surface area contributed by atoms with E-state index in [0.29, 0.717) is 28.8 Å². The van der Waals surface area contributed by atoms with Crippen LogP contribution < -0.4 is 21.1 Å². The third kappa shape index (κ3) is 7.41. The Morgan fingerprint density at radius 3 is 2.79 bits per heavy atom. The van der Waals surface area contributed by atoms with Gasteiger partial charge in [0.25, 0.3) is 0 Å². The highest BCUT2D eigenvalue weighted by molar-refractivity contribution is 7.97. The zero-order valence-corrected chi connectivity index (χ0v) is 26.2. The Kier molecular flexibility index (Phi) is 10.1. The zero-order valence-electron chi connectivity index (χ0n) is 24.6. The number of anilines is 3. The van der Waals surface area contributed by atoms with Crippen LogP contribution in [-0.2, 0) is 11.3 Å². The first kappa shape index (κ1) is 30.7. The van der Waals surface area contributed by atoms with E-state index in [-0.39, 0.29) is 24.3 Å². The fraction of sp³-hybridized carbons (Fsp3) is 0.303. The van der Waals surface area contributed by atoms with Crippen molar-refractivity contribution >= 4 is 46.5 Å². The Bertz CT molecular complexity index is 1570. The third-order valence-electron chi connectivity index (χ3n) is 7.56. The van der Waals surface area contributed by atoms with Crippen LogP contribution in [0.5, 0.6) is 5.88 Å². The number of nitrogen functional groups attached to an aromatic ring is 1. The molecule has 0 fully saturated rings. The molecule has 3 heterocycles. The van der Waals surface area contributed by atoms with Crippen LogP contribution in [0.4, 0.5) is 17.1 Å². The molecule has 4 N–H and O–H groups in total. The average molecular weight is 617 g/mol. The van der Waals surface area contributed by atoms with E-state index in [0.717, 1.165) is 52.3 Å². The zero-order chi connectivity index (χ0) is 30.3. The van der Waals surface area contributed by atoms with Crippen LogP contribution >= 0.6 is 23.5 Å². The summed E-state index contributed by atoms with van der Waals surface area (Å²) in [6.45, 7) is 8.25. The van der Waals surface area contributed by atoms with E-state index < -0.39 is 0 Å². The SMILES string of the molecule is CCNc1ccc(C(CC(=O)Nc2cccnc2)c2ccc(Cl)c(CN3C[C@@H](CC)Oc4ncccc4S3)c2)c(C)c1N. The van der Waals surface area contributed by atoms with Gasteiger partial charge in [-0.3, -0.25) is 9.78 Å². The molecule has 10 heteroatoms. The van der Waals surface area contributed by atoms with Crippen LogP contribution in [0.15, 0.2) is 78.1 Å². The monoisotopic (exact) mass is 616 g/mol. The fourth-order valence-electron chi connectivity index (χ4n) is 5.27. The molecule has 2 atom stereocenters. The van der Waals surface area contributed by atoms with Crippen LogP contribution in [0, 0.1) is 6.92 Å². The molecule has 8 nitrogen and oxygen atoms in total. The highest BCUT2D eigenvalue weighted by Crippen LogP contribution is 2.39. The number of carbonyl (C=O) groups excluding carboxylic acids is 1. The molecular weight excluding hydrogens is 580 g/mol. The number of nitrogens with zero attached hydrogens (tertiary/aromatic N) is 3. The summed E-state index contributed by atoms with van der Waals surface area (Å²) < 4.78 is 8.46. The first-order valence-corrected chi connectivity index (χ1v) is 15.7. The standard InChI is InChI=1S/C33H37ClN6O2S/c1-4-25-20-40(43-30-9-7-15-38-33(30)42-25)19-23-16-22(10-12-28(23)34)27(17-31(41)39-24-8-6-14-36-18-24)26-11-13-29(37-5-2)32(35)21(26)3/h6-16,18,25,27,37H,4-5,17,19-20,35H2,1-3H3,(H,39,41)/t25-,27?/m1/s1. The first-order valence-electron chi connectivity index (χ1n) is 14.5. The normalized spacial score (nSPS) is 15.6. The maximum absolute atomic E-state index is 13.4. The molecule has 1 amide bonds. The number of benzene rings is 2. The number of ether oxygens (including phenoxy) is 1. The number of carbonyl (C=O) groups is 1. The lowest BCUT2D eigenvalue weighted by Crippen LogP contribution is -2.29. The molecule has 0 spiro atoms. The number of aromatic nitrogens is 2. The number of hydrogen-bond donors (Lipinski definition) is 3. The summed E-state index contributed by atoms with van der Waals surface area (Å²) in [4.78, 5) is 22.9. The van der Waals surface area contributed by atoms with Crippen LogP contribution in [-0.4, -0.2) is 39.4 Å². The van der Waals surface area contributed by atoms with Gasteiger partial charge in [-0.15, -0.1) is 0 Å². The van der Waals surface area contributed by atoms with Crippen LogP contribution in [0.3, 0.4) is 0 Å². The van der Waals surface area contributed by atoms with E-state index in [9.17, 15) is 4.79 Å². The van der Waals surface area contributed by atoms with Crippen molar-refractivity contribution in [2.45, 2.75) is 57.1 Å². The van der Waals surface area contributed by atoms with E-state index in [1.54, 1.807) is 36.6 Å². The summed E-state index contributed by atoms with van der Waals surface area (Å²) in [5.74, 6) is 0.299. The van der Waals surface area contributed by atoms with E-state index >= 15 is 0 Å². The van der Waals surface area contributed by atoms with Gasteiger partial charge in [-0.05, 0) is 90.9 Å². The van der Waals surface area contributed by atoms with Crippen LogP contribution in [0.2, 0.25) is 5.02 Å². The highest BCUT2D eigenvalue weighted by Gasteiger charge is 2.26. The molecule has 2 aromatic heterocycles. The summed E-state index contributed by atoms with van der Waals surface area (Å²) in [5, 5.41) is 6.99. The van der Waals surface area contributed by atoms with Crippen molar-refractivity contribution < 1.29 is 9.53 Å². The number of nitrogens with one attached hydrogen (secondary N) is 2. The number of fused-ring (bicyclic) bond motifs is 1.